The smallest absolute Gasteiger partial charge is 0.0120 e. The summed E-state index contributed by atoms with van der Waals surface area (Å²) in [5, 5.41) is 8.03. The van der Waals surface area contributed by atoms with Gasteiger partial charge in [-0.25, -0.2) is 0 Å². The van der Waals surface area contributed by atoms with Crippen molar-refractivity contribution in [1.82, 2.24) is 0 Å². The Bertz CT molecular complexity index is 470. The molecule has 0 radical (unpaired) electrons. The molecule has 1 nitrogen and oxygen atoms in total. The Morgan fingerprint density at radius 2 is 1.58 bits per heavy atom. The lowest BCUT2D eigenvalue weighted by atomic mass is 9.90. The van der Waals surface area contributed by atoms with Gasteiger partial charge in [-0.15, -0.1) is 0 Å². The molecule has 1 N–H and O–H groups in total. The number of nitrogens with one attached hydrogen (secondary N) is 1. The quantitative estimate of drug-likeness (QED) is 0.274. The van der Waals surface area contributed by atoms with Crippen LogP contribution in [0.5, 0.6) is 0 Å². The molecule has 0 heterocycles. The fourth-order valence-electron chi connectivity index (χ4n) is 4.45. The molecule has 0 aromatic rings. The molecule has 0 amide bonds. The first-order valence-corrected chi connectivity index (χ1v) is 10.4. The topological polar surface area (TPSA) is 23.9 Å². The minimum absolute atomic E-state index is 0.660. The van der Waals surface area contributed by atoms with Gasteiger partial charge in [-0.1, -0.05) is 62.8 Å². The van der Waals surface area contributed by atoms with E-state index in [-0.39, 0.29) is 0 Å². The van der Waals surface area contributed by atoms with Crippen molar-refractivity contribution in [2.75, 3.05) is 0 Å². The SMILES string of the molecule is CCC(=N)C1CC1CC1CCCC(CC(C)=CC=C(C)CC)CC1. The van der Waals surface area contributed by atoms with Crippen LogP contribution in [-0.4, -0.2) is 5.71 Å². The van der Waals surface area contributed by atoms with Crippen LogP contribution in [0, 0.1) is 29.1 Å². The molecule has 0 aromatic heterocycles. The van der Waals surface area contributed by atoms with Gasteiger partial charge in [0.2, 0.25) is 0 Å². The summed E-state index contributed by atoms with van der Waals surface area (Å²) < 4.78 is 0. The first kappa shape index (κ1) is 19.5. The predicted molar refractivity (Wildman–Crippen MR) is 107 cm³/mol. The van der Waals surface area contributed by atoms with E-state index in [2.05, 4.69) is 39.8 Å². The maximum Gasteiger partial charge on any atom is 0.0120 e. The molecule has 4 unspecified atom stereocenters. The van der Waals surface area contributed by atoms with E-state index in [9.17, 15) is 0 Å². The van der Waals surface area contributed by atoms with Crippen molar-refractivity contribution in [2.24, 2.45) is 23.7 Å². The third-order valence-corrected chi connectivity index (χ3v) is 6.42. The highest BCUT2D eigenvalue weighted by Gasteiger charge is 2.40. The molecule has 2 rings (SSSR count). The van der Waals surface area contributed by atoms with Crippen LogP contribution in [0.25, 0.3) is 0 Å². The van der Waals surface area contributed by atoms with Crippen LogP contribution < -0.4 is 0 Å². The lowest BCUT2D eigenvalue weighted by Crippen LogP contribution is -2.05. The molecular formula is C23H39N. The van der Waals surface area contributed by atoms with Crippen molar-refractivity contribution in [2.45, 2.75) is 91.9 Å². The standard InChI is InChI=1S/C23H39N/c1-5-17(3)10-11-18(4)14-19-8-7-9-20(13-12-19)15-21-16-22(21)23(24)6-2/h10-11,19-22,24H,5-9,12-16H2,1-4H3. The molecule has 0 bridgehead atoms. The van der Waals surface area contributed by atoms with Gasteiger partial charge in [-0.2, -0.15) is 0 Å². The van der Waals surface area contributed by atoms with Crippen LogP contribution in [0.2, 0.25) is 0 Å². The van der Waals surface area contributed by atoms with Gasteiger partial charge < -0.3 is 5.41 Å². The number of hydrogen-bond acceptors (Lipinski definition) is 1. The zero-order chi connectivity index (χ0) is 17.5. The Kier molecular flexibility index (Phi) is 7.78. The predicted octanol–water partition coefficient (Wildman–Crippen LogP) is 7.33. The van der Waals surface area contributed by atoms with E-state index in [0.717, 1.165) is 36.3 Å². The molecule has 2 aliphatic rings. The lowest BCUT2D eigenvalue weighted by Gasteiger charge is -2.16. The van der Waals surface area contributed by atoms with Gasteiger partial charge in [0, 0.05) is 5.71 Å². The third kappa shape index (κ3) is 6.22. The number of hydrogen-bond donors (Lipinski definition) is 1. The van der Waals surface area contributed by atoms with E-state index in [1.54, 1.807) is 5.57 Å². The fourth-order valence-corrected chi connectivity index (χ4v) is 4.45. The van der Waals surface area contributed by atoms with Crippen molar-refractivity contribution >= 4 is 5.71 Å². The Morgan fingerprint density at radius 1 is 0.917 bits per heavy atom. The second-order valence-corrected chi connectivity index (χ2v) is 8.54. The second-order valence-electron chi connectivity index (χ2n) is 8.54. The minimum Gasteiger partial charge on any atom is -0.309 e. The van der Waals surface area contributed by atoms with E-state index in [1.807, 2.05) is 0 Å². The van der Waals surface area contributed by atoms with Crippen LogP contribution in [-0.2, 0) is 0 Å². The zero-order valence-electron chi connectivity index (χ0n) is 16.5. The van der Waals surface area contributed by atoms with E-state index in [0.29, 0.717) is 5.92 Å². The molecule has 0 spiro atoms. The summed E-state index contributed by atoms with van der Waals surface area (Å²) >= 11 is 0. The summed E-state index contributed by atoms with van der Waals surface area (Å²) in [5.74, 6) is 3.38. The highest BCUT2D eigenvalue weighted by molar-refractivity contribution is 5.86. The molecule has 0 aliphatic heterocycles. The summed E-state index contributed by atoms with van der Waals surface area (Å²) in [7, 11) is 0. The molecule has 136 valence electrons. The molecule has 4 atom stereocenters. The monoisotopic (exact) mass is 329 g/mol. The van der Waals surface area contributed by atoms with Crippen molar-refractivity contribution in [3.8, 4) is 0 Å². The molecule has 0 saturated heterocycles. The second kappa shape index (κ2) is 9.59. The number of allylic oxidation sites excluding steroid dienone is 4. The Balaban J connectivity index is 1.74. The van der Waals surface area contributed by atoms with Gasteiger partial charge in [0.1, 0.15) is 0 Å². The third-order valence-electron chi connectivity index (χ3n) is 6.42. The fraction of sp³-hybridized carbons (Fsp3) is 0.783. The van der Waals surface area contributed by atoms with Gasteiger partial charge in [-0.3, -0.25) is 0 Å². The Morgan fingerprint density at radius 3 is 2.29 bits per heavy atom. The highest BCUT2D eigenvalue weighted by atomic mass is 14.5. The van der Waals surface area contributed by atoms with Crippen LogP contribution in [0.1, 0.15) is 91.9 Å². The van der Waals surface area contributed by atoms with E-state index in [1.165, 1.54) is 56.9 Å². The summed E-state index contributed by atoms with van der Waals surface area (Å²) in [6, 6.07) is 0. The first-order valence-electron chi connectivity index (χ1n) is 10.4. The molecule has 2 fully saturated rings. The molecule has 2 saturated carbocycles. The molecular weight excluding hydrogens is 290 g/mol. The molecule has 0 aromatic carbocycles. The van der Waals surface area contributed by atoms with Gasteiger partial charge in [-0.05, 0) is 76.0 Å². The van der Waals surface area contributed by atoms with E-state index >= 15 is 0 Å². The average molecular weight is 330 g/mol. The lowest BCUT2D eigenvalue weighted by molar-refractivity contribution is 0.388. The Hall–Kier alpha value is -0.850. The molecule has 24 heavy (non-hydrogen) atoms. The minimum atomic E-state index is 0.660. The van der Waals surface area contributed by atoms with E-state index < -0.39 is 0 Å². The van der Waals surface area contributed by atoms with Gasteiger partial charge >= 0.3 is 0 Å². The van der Waals surface area contributed by atoms with E-state index in [4.69, 9.17) is 5.41 Å². The largest absolute Gasteiger partial charge is 0.309 e. The van der Waals surface area contributed by atoms with Gasteiger partial charge in [0.15, 0.2) is 0 Å². The molecule has 1 heteroatoms. The Labute approximate surface area is 150 Å². The van der Waals surface area contributed by atoms with Crippen LogP contribution in [0.4, 0.5) is 0 Å². The number of rotatable bonds is 8. The van der Waals surface area contributed by atoms with Crippen LogP contribution >= 0.6 is 0 Å². The van der Waals surface area contributed by atoms with Crippen molar-refractivity contribution in [1.29, 1.82) is 5.41 Å². The molecule has 2 aliphatic carbocycles. The zero-order valence-corrected chi connectivity index (χ0v) is 16.5. The summed E-state index contributed by atoms with van der Waals surface area (Å²) in [4.78, 5) is 0. The van der Waals surface area contributed by atoms with Crippen molar-refractivity contribution in [3.63, 3.8) is 0 Å². The average Bonchev–Trinajstić information content (AvgIpc) is 3.37. The summed E-state index contributed by atoms with van der Waals surface area (Å²) in [5.41, 5.74) is 4.06. The van der Waals surface area contributed by atoms with Crippen molar-refractivity contribution in [3.05, 3.63) is 23.3 Å². The first-order chi connectivity index (χ1) is 11.5. The maximum absolute atomic E-state index is 8.03. The van der Waals surface area contributed by atoms with Crippen molar-refractivity contribution < 1.29 is 0 Å². The van der Waals surface area contributed by atoms with Crippen LogP contribution in [0.15, 0.2) is 23.3 Å². The van der Waals surface area contributed by atoms with Gasteiger partial charge in [0.25, 0.3) is 0 Å². The van der Waals surface area contributed by atoms with Crippen LogP contribution in [0.3, 0.4) is 0 Å². The maximum atomic E-state index is 8.03. The van der Waals surface area contributed by atoms with Gasteiger partial charge in [0.05, 0.1) is 0 Å². The summed E-state index contributed by atoms with van der Waals surface area (Å²) in [6.07, 6.45) is 18.0. The summed E-state index contributed by atoms with van der Waals surface area (Å²) in [6.45, 7) is 8.91. The highest BCUT2D eigenvalue weighted by Crippen LogP contribution is 2.47. The normalized spacial score (nSPS) is 31.7.